The number of nitrogens with one attached hydrogen (secondary N) is 1. The van der Waals surface area contributed by atoms with Gasteiger partial charge in [-0.15, -0.1) is 11.8 Å². The summed E-state index contributed by atoms with van der Waals surface area (Å²) < 4.78 is 24.9. The van der Waals surface area contributed by atoms with Crippen molar-refractivity contribution in [2.24, 2.45) is 0 Å². The number of likely N-dealkylation sites (tertiary alicyclic amines) is 1. The first kappa shape index (κ1) is 49.5. The van der Waals surface area contributed by atoms with E-state index in [1.807, 2.05) is 81.2 Å². The van der Waals surface area contributed by atoms with Crippen molar-refractivity contribution < 1.29 is 42.9 Å². The number of para-hydroxylation sites is 1. The van der Waals surface area contributed by atoms with Crippen LogP contribution in [0.4, 0.5) is 5.82 Å². The van der Waals surface area contributed by atoms with Gasteiger partial charge in [0.05, 0.1) is 44.5 Å². The van der Waals surface area contributed by atoms with Gasteiger partial charge in [-0.3, -0.25) is 34.2 Å². The van der Waals surface area contributed by atoms with E-state index in [2.05, 4.69) is 20.2 Å². The van der Waals surface area contributed by atoms with Crippen LogP contribution in [0.2, 0.25) is 0 Å². The second kappa shape index (κ2) is 23.6. The molecule has 5 aromatic rings. The summed E-state index contributed by atoms with van der Waals surface area (Å²) in [7, 11) is 0. The number of nitrogen functional groups attached to an aromatic ring is 1. The molecule has 3 fully saturated rings. The molecule has 0 aliphatic carbocycles. The standard InChI is InChI=1S/C51H60N10O9S/c52-48-46-47(35-13-15-38(16-14-35)70-37-8-2-1-3-9-37)56-61(49(46)54-34-53-48)36-7-5-20-59(31-36)44(63)12-6-19-57-21-23-58(24-22-57)45(64)33-69-28-27-67-25-26-68-29-30-71-42-11-4-10-39-40(42)32-60(51(39)66)41-17-18-43(62)55-50(41)65/h1-4,8-11,13-16,34,36,41H,5-7,12,17-33H2,(H2,52,53,54)(H,55,62,65)/t36-,41?/m1/s1. The molecule has 4 aliphatic heterocycles. The summed E-state index contributed by atoms with van der Waals surface area (Å²) in [5, 5.41) is 8.08. The number of hydrogen-bond donors (Lipinski definition) is 2. The predicted molar refractivity (Wildman–Crippen MR) is 264 cm³/mol. The van der Waals surface area contributed by atoms with Crippen molar-refractivity contribution in [1.29, 1.82) is 0 Å². The van der Waals surface area contributed by atoms with Crippen LogP contribution < -0.4 is 15.8 Å². The molecule has 2 aromatic heterocycles. The van der Waals surface area contributed by atoms with E-state index in [9.17, 15) is 24.0 Å². The van der Waals surface area contributed by atoms with E-state index in [1.54, 1.807) is 22.7 Å². The Bertz CT molecular complexity index is 2680. The number of aromatic nitrogens is 4. The van der Waals surface area contributed by atoms with Gasteiger partial charge in [0.25, 0.3) is 5.91 Å². The van der Waals surface area contributed by atoms with Gasteiger partial charge < -0.3 is 39.4 Å². The van der Waals surface area contributed by atoms with E-state index in [0.29, 0.717) is 118 Å². The van der Waals surface area contributed by atoms with Gasteiger partial charge in [-0.1, -0.05) is 24.3 Å². The molecule has 0 bridgehead atoms. The highest BCUT2D eigenvalue weighted by Gasteiger charge is 2.40. The molecule has 1 unspecified atom stereocenters. The first-order valence-corrected chi connectivity index (χ1v) is 25.4. The van der Waals surface area contributed by atoms with Crippen LogP contribution in [0.25, 0.3) is 22.3 Å². The van der Waals surface area contributed by atoms with Crippen LogP contribution in [0.1, 0.15) is 60.5 Å². The lowest BCUT2D eigenvalue weighted by Gasteiger charge is -2.35. The predicted octanol–water partition coefficient (Wildman–Crippen LogP) is 4.56. The Hall–Kier alpha value is -6.45. The Labute approximate surface area is 416 Å². The number of nitrogens with two attached hydrogens (primary N) is 1. The molecule has 2 atom stereocenters. The average Bonchev–Trinajstić information content (AvgIpc) is 3.95. The maximum Gasteiger partial charge on any atom is 0.255 e. The maximum absolute atomic E-state index is 13.6. The number of ether oxygens (including phenoxy) is 4. The molecule has 0 radical (unpaired) electrons. The molecule has 4 aliphatic rings. The molecule has 374 valence electrons. The second-order valence-corrected chi connectivity index (χ2v) is 19.1. The minimum Gasteiger partial charge on any atom is -0.457 e. The molecule has 3 aromatic carbocycles. The summed E-state index contributed by atoms with van der Waals surface area (Å²) >= 11 is 1.59. The smallest absolute Gasteiger partial charge is 0.255 e. The van der Waals surface area contributed by atoms with E-state index in [4.69, 9.17) is 29.8 Å². The highest BCUT2D eigenvalue weighted by molar-refractivity contribution is 7.99. The fourth-order valence-electron chi connectivity index (χ4n) is 9.56. The number of benzene rings is 3. The van der Waals surface area contributed by atoms with Gasteiger partial charge in [0.15, 0.2) is 5.65 Å². The van der Waals surface area contributed by atoms with Crippen LogP contribution in [0, 0.1) is 0 Å². The zero-order chi connectivity index (χ0) is 49.1. The van der Waals surface area contributed by atoms with E-state index >= 15 is 0 Å². The molecule has 0 spiro atoms. The third kappa shape index (κ3) is 12.2. The Balaban J connectivity index is 0.623. The zero-order valence-electron chi connectivity index (χ0n) is 39.7. The van der Waals surface area contributed by atoms with Gasteiger partial charge >= 0.3 is 0 Å². The molecule has 6 heterocycles. The number of piperazine rings is 1. The number of amides is 5. The number of imide groups is 1. The minimum atomic E-state index is -0.642. The van der Waals surface area contributed by atoms with E-state index in [-0.39, 0.29) is 42.7 Å². The molecule has 5 amide bonds. The van der Waals surface area contributed by atoms with Crippen LogP contribution in [-0.4, -0.2) is 166 Å². The van der Waals surface area contributed by atoms with Crippen molar-refractivity contribution in [3.8, 4) is 22.8 Å². The Kier molecular flexibility index (Phi) is 16.5. The summed E-state index contributed by atoms with van der Waals surface area (Å²) in [5.41, 5.74) is 10.1. The first-order valence-electron chi connectivity index (χ1n) is 24.4. The molecular formula is C51H60N10O9S. The number of hydrogen-bond acceptors (Lipinski definition) is 15. The van der Waals surface area contributed by atoms with E-state index < -0.39 is 11.9 Å². The second-order valence-electron chi connectivity index (χ2n) is 18.0. The Morgan fingerprint density at radius 1 is 0.789 bits per heavy atom. The summed E-state index contributed by atoms with van der Waals surface area (Å²) in [4.78, 5) is 81.0. The minimum absolute atomic E-state index is 0.00379. The van der Waals surface area contributed by atoms with Crippen molar-refractivity contribution in [2.45, 2.75) is 62.0 Å². The topological polar surface area (TPSA) is 217 Å². The summed E-state index contributed by atoms with van der Waals surface area (Å²) in [6, 6.07) is 22.2. The van der Waals surface area contributed by atoms with Gasteiger partial charge in [0.2, 0.25) is 23.6 Å². The van der Waals surface area contributed by atoms with Gasteiger partial charge in [-0.05, 0) is 86.3 Å². The lowest BCUT2D eigenvalue weighted by atomic mass is 10.0. The van der Waals surface area contributed by atoms with Gasteiger partial charge in [-0.25, -0.2) is 14.6 Å². The number of fused-ring (bicyclic) bond motifs is 2. The molecule has 20 heteroatoms. The van der Waals surface area contributed by atoms with Gasteiger partial charge in [-0.2, -0.15) is 5.10 Å². The highest BCUT2D eigenvalue weighted by Crippen LogP contribution is 2.36. The third-order valence-corrected chi connectivity index (χ3v) is 14.4. The van der Waals surface area contributed by atoms with Crippen molar-refractivity contribution in [3.05, 3.63) is 90.3 Å². The fraction of sp³-hybridized carbons (Fsp3) is 0.451. The fourth-order valence-corrected chi connectivity index (χ4v) is 10.5. The number of carbonyl (C=O) groups is 5. The summed E-state index contributed by atoms with van der Waals surface area (Å²) in [5.74, 6) is 1.65. The molecule has 19 nitrogen and oxygen atoms in total. The Morgan fingerprint density at radius 3 is 2.34 bits per heavy atom. The number of carbonyl (C=O) groups excluding carboxylic acids is 5. The number of nitrogens with zero attached hydrogens (tertiary/aromatic N) is 8. The van der Waals surface area contributed by atoms with E-state index in [1.165, 1.54) is 6.33 Å². The van der Waals surface area contributed by atoms with Crippen LogP contribution in [0.15, 0.2) is 84.0 Å². The largest absolute Gasteiger partial charge is 0.457 e. The average molecular weight is 989 g/mol. The van der Waals surface area contributed by atoms with Crippen LogP contribution in [-0.2, 0) is 39.9 Å². The van der Waals surface area contributed by atoms with Crippen molar-refractivity contribution in [2.75, 3.05) is 96.9 Å². The van der Waals surface area contributed by atoms with Crippen molar-refractivity contribution in [1.82, 2.24) is 44.7 Å². The number of thioether (sulfide) groups is 1. The molecule has 9 rings (SSSR count). The van der Waals surface area contributed by atoms with Crippen LogP contribution in [0.5, 0.6) is 11.5 Å². The lowest BCUT2D eigenvalue weighted by molar-refractivity contribution is -0.139. The SMILES string of the molecule is Nc1ncnc2c1c(-c1ccc(Oc3ccccc3)cc1)nn2[C@@H]1CCCN(C(=O)CCCN2CCN(C(=O)COCCOCCOCCSc3cccc4c3CN(C3CCC(=O)NC3=O)C4=O)CC2)C1. The molecular weight excluding hydrogens is 929 g/mol. The number of anilines is 1. The van der Waals surface area contributed by atoms with E-state index in [0.717, 1.165) is 60.7 Å². The maximum atomic E-state index is 13.6. The molecule has 3 saturated heterocycles. The monoisotopic (exact) mass is 988 g/mol. The van der Waals surface area contributed by atoms with Crippen molar-refractivity contribution in [3.63, 3.8) is 0 Å². The normalized spacial score (nSPS) is 18.5. The lowest BCUT2D eigenvalue weighted by Crippen LogP contribution is -2.52. The summed E-state index contributed by atoms with van der Waals surface area (Å²) in [6.07, 6.45) is 4.90. The van der Waals surface area contributed by atoms with Gasteiger partial charge in [0.1, 0.15) is 42.0 Å². The number of piperidine rings is 2. The molecule has 71 heavy (non-hydrogen) atoms. The van der Waals surface area contributed by atoms with Crippen LogP contribution >= 0.6 is 11.8 Å². The van der Waals surface area contributed by atoms with Gasteiger partial charge in [0, 0.05) is 80.4 Å². The highest BCUT2D eigenvalue weighted by atomic mass is 32.2. The number of rotatable bonds is 21. The quantitative estimate of drug-likeness (QED) is 0.0586. The van der Waals surface area contributed by atoms with Crippen molar-refractivity contribution >= 4 is 58.1 Å². The summed E-state index contributed by atoms with van der Waals surface area (Å²) in [6.45, 7) is 6.99. The third-order valence-electron chi connectivity index (χ3n) is 13.3. The molecule has 0 saturated carbocycles. The first-order chi connectivity index (χ1) is 34.7. The molecule has 3 N–H and O–H groups in total. The van der Waals surface area contributed by atoms with Crippen LogP contribution in [0.3, 0.4) is 0 Å². The zero-order valence-corrected chi connectivity index (χ0v) is 40.6. The Morgan fingerprint density at radius 2 is 1.55 bits per heavy atom.